The number of ether oxygens (including phenoxy) is 1. The van der Waals surface area contributed by atoms with E-state index in [1.54, 1.807) is 31.3 Å². The normalized spacial score (nSPS) is 19.4. The van der Waals surface area contributed by atoms with Gasteiger partial charge in [-0.2, -0.15) is 28.2 Å². The van der Waals surface area contributed by atoms with E-state index < -0.39 is 24.3 Å². The molecule has 220 valence electrons. The van der Waals surface area contributed by atoms with Crippen molar-refractivity contribution in [3.63, 3.8) is 0 Å². The molecule has 2 aromatic heterocycles. The monoisotopic (exact) mass is 685 g/mol. The Morgan fingerprint density at radius 2 is 2.02 bits per heavy atom. The molecule has 2 atom stereocenters. The second kappa shape index (κ2) is 11.6. The van der Waals surface area contributed by atoms with E-state index in [0.717, 1.165) is 9.99 Å². The van der Waals surface area contributed by atoms with Crippen LogP contribution in [0.4, 0.5) is 24.9 Å². The number of hydrogen-bond donors (Lipinski definition) is 3. The van der Waals surface area contributed by atoms with Crippen LogP contribution in [-0.2, 0) is 11.2 Å². The lowest BCUT2D eigenvalue weighted by atomic mass is 9.76. The molecule has 0 amide bonds. The molecule has 0 unspecified atom stereocenters. The number of piperidine rings is 1. The van der Waals surface area contributed by atoms with Crippen molar-refractivity contribution in [3.8, 4) is 11.6 Å². The van der Waals surface area contributed by atoms with Gasteiger partial charge in [0.15, 0.2) is 0 Å². The number of aromatic nitrogens is 4. The van der Waals surface area contributed by atoms with Crippen LogP contribution in [0.3, 0.4) is 0 Å². The maximum absolute atomic E-state index is 14.6. The van der Waals surface area contributed by atoms with Crippen LogP contribution in [0.5, 0.6) is 5.88 Å². The predicted octanol–water partition coefficient (Wildman–Crippen LogP) is 4.25. The molecule has 4 heterocycles. The summed E-state index contributed by atoms with van der Waals surface area (Å²) in [6, 6.07) is 7.35. The summed E-state index contributed by atoms with van der Waals surface area (Å²) >= 11 is 2.22. The van der Waals surface area contributed by atoms with Gasteiger partial charge in [-0.25, -0.2) is 4.68 Å². The van der Waals surface area contributed by atoms with E-state index in [1.165, 1.54) is 16.8 Å². The number of nitrogens with zero attached hydrogens (tertiary/aromatic N) is 5. The Balaban J connectivity index is 1.41. The fourth-order valence-electron chi connectivity index (χ4n) is 5.59. The Morgan fingerprint density at radius 3 is 2.63 bits per heavy atom. The summed E-state index contributed by atoms with van der Waals surface area (Å²) < 4.78 is 51.5. The Morgan fingerprint density at radius 1 is 1.27 bits per heavy atom. The minimum atomic E-state index is -4.77. The van der Waals surface area contributed by atoms with Gasteiger partial charge in [-0.3, -0.25) is 4.79 Å². The number of carbonyl (C=O) groups is 1. The van der Waals surface area contributed by atoms with Gasteiger partial charge in [0, 0.05) is 41.9 Å². The summed E-state index contributed by atoms with van der Waals surface area (Å²) in [5, 5.41) is 16.8. The van der Waals surface area contributed by atoms with Crippen molar-refractivity contribution >= 4 is 40.3 Å². The zero-order valence-electron chi connectivity index (χ0n) is 22.4. The Kier molecular flexibility index (Phi) is 8.32. The van der Waals surface area contributed by atoms with Crippen LogP contribution in [0.15, 0.2) is 36.5 Å². The number of nitrogens with two attached hydrogens (primary N) is 1. The lowest BCUT2D eigenvalue weighted by Crippen LogP contribution is -2.41. The number of halogens is 4. The number of nitrogens with one attached hydrogen (secondary N) is 1. The zero-order valence-corrected chi connectivity index (χ0v) is 24.5. The fourth-order valence-corrected chi connectivity index (χ4v) is 6.21. The first-order valence-corrected chi connectivity index (χ1v) is 14.8. The summed E-state index contributed by atoms with van der Waals surface area (Å²) in [6.45, 7) is 3.48. The third-order valence-electron chi connectivity index (χ3n) is 7.78. The summed E-state index contributed by atoms with van der Waals surface area (Å²) in [4.78, 5) is 21.6. The van der Waals surface area contributed by atoms with Crippen LogP contribution in [0.2, 0.25) is 0 Å². The van der Waals surface area contributed by atoms with Crippen LogP contribution in [0.25, 0.3) is 5.69 Å². The van der Waals surface area contributed by atoms with Gasteiger partial charge in [-0.15, -0.1) is 0 Å². The van der Waals surface area contributed by atoms with Gasteiger partial charge in [0.1, 0.15) is 11.9 Å². The topological polar surface area (TPSA) is 131 Å². The van der Waals surface area contributed by atoms with Gasteiger partial charge in [0.05, 0.1) is 11.4 Å². The second-order valence-corrected chi connectivity index (χ2v) is 11.7. The molecule has 2 saturated heterocycles. The van der Waals surface area contributed by atoms with Crippen molar-refractivity contribution in [1.29, 1.82) is 0 Å². The van der Waals surface area contributed by atoms with E-state index in [2.05, 4.69) is 43.0 Å². The molecule has 10 nitrogen and oxygen atoms in total. The largest absolute Gasteiger partial charge is 0.480 e. The van der Waals surface area contributed by atoms with Crippen molar-refractivity contribution in [1.82, 2.24) is 25.1 Å². The molecular weight excluding hydrogens is 654 g/mol. The minimum Gasteiger partial charge on any atom is -0.480 e. The van der Waals surface area contributed by atoms with Gasteiger partial charge in [0.2, 0.25) is 17.9 Å². The molecule has 2 fully saturated rings. The average molecular weight is 685 g/mol. The van der Waals surface area contributed by atoms with Gasteiger partial charge in [-0.05, 0) is 55.7 Å². The third kappa shape index (κ3) is 6.52. The Hall–Kier alpha value is -3.14. The van der Waals surface area contributed by atoms with E-state index >= 15 is 0 Å². The Labute approximate surface area is 248 Å². The number of anilines is 2. The van der Waals surface area contributed by atoms with Crippen molar-refractivity contribution in [2.45, 2.75) is 50.9 Å². The molecular formula is C27H31F3IN7O3. The number of hydrogen-bond acceptors (Lipinski definition) is 8. The summed E-state index contributed by atoms with van der Waals surface area (Å²) in [5.41, 5.74) is 7.53. The molecule has 5 rings (SSSR count). The highest BCUT2D eigenvalue weighted by Gasteiger charge is 2.46. The Bertz CT molecular complexity index is 1410. The van der Waals surface area contributed by atoms with E-state index in [0.29, 0.717) is 56.8 Å². The number of nitrogen functional groups attached to an aromatic ring is 1. The molecule has 0 aliphatic carbocycles. The number of rotatable bonds is 8. The number of benzene rings is 1. The molecule has 2 aliphatic rings. The maximum Gasteiger partial charge on any atom is 0.429 e. The van der Waals surface area contributed by atoms with Crippen molar-refractivity contribution in [3.05, 3.63) is 53.3 Å². The SMILES string of the molecule is Cc1ccn(-c2cc(CCI)ccc2[C@@H](Oc2cc(N3CCC4(CC3)CN[C@H](C(=O)O)C4)nc(N)n2)C(F)(F)F)n1. The first kappa shape index (κ1) is 29.4. The van der Waals surface area contributed by atoms with Gasteiger partial charge in [0.25, 0.3) is 0 Å². The van der Waals surface area contributed by atoms with E-state index in [-0.39, 0.29) is 28.5 Å². The average Bonchev–Trinajstić information content (AvgIpc) is 3.54. The van der Waals surface area contributed by atoms with Gasteiger partial charge >= 0.3 is 12.1 Å². The predicted molar refractivity (Wildman–Crippen MR) is 155 cm³/mol. The van der Waals surface area contributed by atoms with Crippen LogP contribution in [0, 0.1) is 12.3 Å². The van der Waals surface area contributed by atoms with Crippen molar-refractivity contribution < 1.29 is 27.8 Å². The van der Waals surface area contributed by atoms with Gasteiger partial charge < -0.3 is 25.8 Å². The molecule has 0 saturated carbocycles. The van der Waals surface area contributed by atoms with Crippen LogP contribution >= 0.6 is 22.6 Å². The van der Waals surface area contributed by atoms with Crippen molar-refractivity contribution in [2.24, 2.45) is 5.41 Å². The van der Waals surface area contributed by atoms with E-state index in [4.69, 9.17) is 10.5 Å². The summed E-state index contributed by atoms with van der Waals surface area (Å²) in [7, 11) is 0. The first-order chi connectivity index (χ1) is 19.5. The van der Waals surface area contributed by atoms with Crippen LogP contribution in [-0.4, -0.2) is 67.1 Å². The molecule has 41 heavy (non-hydrogen) atoms. The lowest BCUT2D eigenvalue weighted by molar-refractivity contribution is -0.198. The highest BCUT2D eigenvalue weighted by molar-refractivity contribution is 14.1. The summed E-state index contributed by atoms with van der Waals surface area (Å²) in [5.74, 6) is -0.987. The minimum absolute atomic E-state index is 0.0989. The number of aryl methyl sites for hydroxylation is 2. The number of aliphatic carboxylic acids is 1. The zero-order chi connectivity index (χ0) is 29.4. The van der Waals surface area contributed by atoms with Crippen LogP contribution in [0.1, 0.15) is 42.2 Å². The quantitative estimate of drug-likeness (QED) is 0.236. The van der Waals surface area contributed by atoms with E-state index in [9.17, 15) is 23.1 Å². The number of alkyl halides is 4. The molecule has 1 aromatic carbocycles. The van der Waals surface area contributed by atoms with Crippen molar-refractivity contribution in [2.75, 3.05) is 34.7 Å². The molecule has 2 aliphatic heterocycles. The summed E-state index contributed by atoms with van der Waals surface area (Å²) in [6.07, 6.45) is -2.82. The molecule has 0 radical (unpaired) electrons. The molecule has 3 aromatic rings. The van der Waals surface area contributed by atoms with Crippen LogP contribution < -0.4 is 20.7 Å². The molecule has 0 bridgehead atoms. The standard InChI is InChI=1S/C27H31F3IN7O3/c1-16-5-9-38(36-16)20-12-17(4-8-31)2-3-18(20)23(27(28,29)30)41-22-13-21(34-25(32)35-22)37-10-6-26(7-11-37)14-19(24(39)40)33-15-26/h2-3,5,9,12-13,19,23,33H,4,6-8,10-11,14-15H2,1H3,(H,39,40)(H2,32,34,35)/t19-,23+/m0/s1. The highest BCUT2D eigenvalue weighted by Crippen LogP contribution is 2.42. The first-order valence-electron chi connectivity index (χ1n) is 13.3. The lowest BCUT2D eigenvalue weighted by Gasteiger charge is -2.39. The smallest absolute Gasteiger partial charge is 0.429 e. The van der Waals surface area contributed by atoms with Gasteiger partial charge in [-0.1, -0.05) is 34.7 Å². The maximum atomic E-state index is 14.6. The highest BCUT2D eigenvalue weighted by atomic mass is 127. The second-order valence-electron chi connectivity index (χ2n) is 10.7. The third-order valence-corrected chi connectivity index (χ3v) is 8.32. The molecule has 14 heteroatoms. The fraction of sp³-hybridized carbons (Fsp3) is 0.481. The molecule has 1 spiro atoms. The molecule has 4 N–H and O–H groups in total. The number of carboxylic acids is 1. The number of carboxylic acid groups (broad SMARTS) is 1. The van der Waals surface area contributed by atoms with E-state index in [1.807, 2.05) is 4.90 Å².